The SMILES string of the molecule is CCOC(=O)c1c(NC(=O)Cn2nc(C)c3ccccc3c2=O)sc(C)c1CC. The lowest BCUT2D eigenvalue weighted by Gasteiger charge is -2.10. The number of hydrogen-bond acceptors (Lipinski definition) is 6. The molecule has 0 fully saturated rings. The molecular formula is C21H23N3O4S. The first-order valence-corrected chi connectivity index (χ1v) is 10.2. The number of carbonyl (C=O) groups excluding carboxylic acids is 2. The van der Waals surface area contributed by atoms with E-state index in [2.05, 4.69) is 10.4 Å². The number of hydrogen-bond donors (Lipinski definition) is 1. The van der Waals surface area contributed by atoms with Crippen molar-refractivity contribution in [2.24, 2.45) is 0 Å². The van der Waals surface area contributed by atoms with Gasteiger partial charge >= 0.3 is 5.97 Å². The maximum atomic E-state index is 12.7. The lowest BCUT2D eigenvalue weighted by Crippen LogP contribution is -2.30. The predicted molar refractivity (Wildman–Crippen MR) is 114 cm³/mol. The van der Waals surface area contributed by atoms with E-state index in [0.717, 1.165) is 20.5 Å². The fourth-order valence-corrected chi connectivity index (χ4v) is 4.47. The van der Waals surface area contributed by atoms with E-state index in [-0.39, 0.29) is 18.7 Å². The van der Waals surface area contributed by atoms with Crippen LogP contribution in [-0.4, -0.2) is 28.3 Å². The number of rotatable bonds is 6. The maximum absolute atomic E-state index is 12.7. The molecule has 3 aromatic rings. The summed E-state index contributed by atoms with van der Waals surface area (Å²) < 4.78 is 6.31. The molecular weight excluding hydrogens is 390 g/mol. The normalized spacial score (nSPS) is 10.9. The molecule has 0 aliphatic rings. The van der Waals surface area contributed by atoms with Gasteiger partial charge in [0.1, 0.15) is 11.5 Å². The second-order valence-electron chi connectivity index (χ2n) is 6.56. The predicted octanol–water partition coefficient (Wildman–Crippen LogP) is 3.45. The van der Waals surface area contributed by atoms with E-state index in [1.54, 1.807) is 26.0 Å². The van der Waals surface area contributed by atoms with Crippen molar-refractivity contribution in [2.45, 2.75) is 40.7 Å². The van der Waals surface area contributed by atoms with Crippen molar-refractivity contribution in [1.29, 1.82) is 0 Å². The van der Waals surface area contributed by atoms with Crippen LogP contribution in [0, 0.1) is 13.8 Å². The van der Waals surface area contributed by atoms with Crippen LogP contribution in [0.3, 0.4) is 0 Å². The summed E-state index contributed by atoms with van der Waals surface area (Å²) in [5.41, 5.74) is 1.59. The number of nitrogens with one attached hydrogen (secondary N) is 1. The van der Waals surface area contributed by atoms with Gasteiger partial charge in [-0.2, -0.15) is 5.10 Å². The van der Waals surface area contributed by atoms with Crippen LogP contribution in [0.25, 0.3) is 10.8 Å². The highest BCUT2D eigenvalue weighted by Crippen LogP contribution is 2.34. The number of benzene rings is 1. The van der Waals surface area contributed by atoms with E-state index in [4.69, 9.17) is 4.74 Å². The molecule has 0 aliphatic heterocycles. The number of carbonyl (C=O) groups is 2. The number of nitrogens with zero attached hydrogens (tertiary/aromatic N) is 2. The Morgan fingerprint density at radius 1 is 1.17 bits per heavy atom. The highest BCUT2D eigenvalue weighted by molar-refractivity contribution is 7.16. The molecule has 29 heavy (non-hydrogen) atoms. The third-order valence-electron chi connectivity index (χ3n) is 4.64. The fourth-order valence-electron chi connectivity index (χ4n) is 3.33. The van der Waals surface area contributed by atoms with Crippen LogP contribution in [0.2, 0.25) is 0 Å². The standard InChI is InChI=1S/C21H23N3O4S/c1-5-14-13(4)29-19(18(14)21(27)28-6-2)22-17(25)11-24-20(26)16-10-8-7-9-15(16)12(3)23-24/h7-10H,5-6,11H2,1-4H3,(H,22,25). The summed E-state index contributed by atoms with van der Waals surface area (Å²) in [4.78, 5) is 38.7. The average molecular weight is 413 g/mol. The monoisotopic (exact) mass is 413 g/mol. The number of aromatic nitrogens is 2. The summed E-state index contributed by atoms with van der Waals surface area (Å²) in [5, 5.41) is 8.75. The van der Waals surface area contributed by atoms with E-state index >= 15 is 0 Å². The molecule has 8 heteroatoms. The van der Waals surface area contributed by atoms with Gasteiger partial charge in [0.05, 0.1) is 23.3 Å². The Kier molecular flexibility index (Phi) is 6.12. The summed E-state index contributed by atoms with van der Waals surface area (Å²) >= 11 is 1.33. The summed E-state index contributed by atoms with van der Waals surface area (Å²) in [6.07, 6.45) is 0.650. The molecule has 0 aliphatic carbocycles. The summed E-state index contributed by atoms with van der Waals surface area (Å²) in [6.45, 7) is 7.39. The van der Waals surface area contributed by atoms with Gasteiger partial charge in [-0.05, 0) is 38.8 Å². The Morgan fingerprint density at radius 3 is 2.52 bits per heavy atom. The van der Waals surface area contributed by atoms with Gasteiger partial charge in [-0.3, -0.25) is 9.59 Å². The highest BCUT2D eigenvalue weighted by atomic mass is 32.1. The topological polar surface area (TPSA) is 90.3 Å². The average Bonchev–Trinajstić information content (AvgIpc) is 3.00. The third kappa shape index (κ3) is 4.07. The minimum atomic E-state index is -0.458. The molecule has 7 nitrogen and oxygen atoms in total. The zero-order valence-corrected chi connectivity index (χ0v) is 17.7. The molecule has 0 radical (unpaired) electrons. The summed E-state index contributed by atoms with van der Waals surface area (Å²) in [5.74, 6) is -0.885. The van der Waals surface area contributed by atoms with Crippen LogP contribution < -0.4 is 10.9 Å². The number of esters is 1. The Bertz CT molecular complexity index is 1150. The maximum Gasteiger partial charge on any atom is 0.341 e. The van der Waals surface area contributed by atoms with Crippen molar-refractivity contribution in [3.8, 4) is 0 Å². The molecule has 0 saturated carbocycles. The number of ether oxygens (including phenoxy) is 1. The first-order chi connectivity index (χ1) is 13.9. The van der Waals surface area contributed by atoms with Gasteiger partial charge in [0, 0.05) is 10.3 Å². The molecule has 1 aromatic carbocycles. The number of anilines is 1. The van der Waals surface area contributed by atoms with E-state index < -0.39 is 11.9 Å². The number of fused-ring (bicyclic) bond motifs is 1. The molecule has 152 valence electrons. The van der Waals surface area contributed by atoms with Gasteiger partial charge in [0.25, 0.3) is 5.56 Å². The molecule has 0 unspecified atom stereocenters. The van der Waals surface area contributed by atoms with Gasteiger partial charge < -0.3 is 10.1 Å². The van der Waals surface area contributed by atoms with Gasteiger partial charge in [0.2, 0.25) is 5.91 Å². The van der Waals surface area contributed by atoms with Crippen LogP contribution in [0.5, 0.6) is 0 Å². The quantitative estimate of drug-likeness (QED) is 0.625. The molecule has 3 rings (SSSR count). The molecule has 2 aromatic heterocycles. The largest absolute Gasteiger partial charge is 0.462 e. The lowest BCUT2D eigenvalue weighted by atomic mass is 10.1. The van der Waals surface area contributed by atoms with Crippen molar-refractivity contribution in [2.75, 3.05) is 11.9 Å². The fraction of sp³-hybridized carbons (Fsp3) is 0.333. The first kappa shape index (κ1) is 20.7. The molecule has 0 atom stereocenters. The van der Waals surface area contributed by atoms with Crippen molar-refractivity contribution in [3.05, 3.63) is 56.3 Å². The third-order valence-corrected chi connectivity index (χ3v) is 5.70. The first-order valence-electron chi connectivity index (χ1n) is 9.43. The van der Waals surface area contributed by atoms with Crippen LogP contribution >= 0.6 is 11.3 Å². The van der Waals surface area contributed by atoms with Crippen molar-refractivity contribution in [1.82, 2.24) is 9.78 Å². The summed E-state index contributed by atoms with van der Waals surface area (Å²) in [6, 6.07) is 7.17. The lowest BCUT2D eigenvalue weighted by molar-refractivity contribution is -0.116. The molecule has 0 spiro atoms. The second kappa shape index (κ2) is 8.57. The van der Waals surface area contributed by atoms with Crippen LogP contribution in [0.1, 0.15) is 40.3 Å². The van der Waals surface area contributed by atoms with Crippen LogP contribution in [-0.2, 0) is 22.5 Å². The van der Waals surface area contributed by atoms with Crippen molar-refractivity contribution < 1.29 is 14.3 Å². The summed E-state index contributed by atoms with van der Waals surface area (Å²) in [7, 11) is 0. The number of amides is 1. The molecule has 1 amide bonds. The van der Waals surface area contributed by atoms with E-state index in [9.17, 15) is 14.4 Å². The smallest absolute Gasteiger partial charge is 0.341 e. The van der Waals surface area contributed by atoms with Crippen molar-refractivity contribution in [3.63, 3.8) is 0 Å². The Morgan fingerprint density at radius 2 is 1.86 bits per heavy atom. The van der Waals surface area contributed by atoms with E-state index in [1.165, 1.54) is 11.3 Å². The number of thiophene rings is 1. The molecule has 0 bridgehead atoms. The molecule has 0 saturated heterocycles. The van der Waals surface area contributed by atoms with Gasteiger partial charge in [-0.15, -0.1) is 11.3 Å². The van der Waals surface area contributed by atoms with E-state index in [0.29, 0.717) is 28.1 Å². The van der Waals surface area contributed by atoms with Crippen molar-refractivity contribution >= 4 is 39.0 Å². The Labute approximate surface area is 172 Å². The zero-order chi connectivity index (χ0) is 21.1. The van der Waals surface area contributed by atoms with Crippen LogP contribution in [0.4, 0.5) is 5.00 Å². The van der Waals surface area contributed by atoms with Crippen LogP contribution in [0.15, 0.2) is 29.1 Å². The molecule has 2 heterocycles. The minimum absolute atomic E-state index is 0.245. The van der Waals surface area contributed by atoms with Gasteiger partial charge in [-0.1, -0.05) is 25.1 Å². The van der Waals surface area contributed by atoms with Gasteiger partial charge in [-0.25, -0.2) is 9.48 Å². The van der Waals surface area contributed by atoms with Gasteiger partial charge in [0.15, 0.2) is 0 Å². The number of aryl methyl sites for hydroxylation is 2. The Hall–Kier alpha value is -3.00. The second-order valence-corrected chi connectivity index (χ2v) is 7.78. The Balaban J connectivity index is 1.91. The highest BCUT2D eigenvalue weighted by Gasteiger charge is 2.23. The zero-order valence-electron chi connectivity index (χ0n) is 16.9. The minimum Gasteiger partial charge on any atom is -0.462 e. The molecule has 1 N–H and O–H groups in total. The van der Waals surface area contributed by atoms with E-state index in [1.807, 2.05) is 26.0 Å².